The van der Waals surface area contributed by atoms with E-state index in [2.05, 4.69) is 6.92 Å². The fraction of sp³-hybridized carbons (Fsp3) is 0.259. The number of aliphatic hydroxyl groups excluding tert-OH is 1. The number of unbranched alkanes of at least 4 members (excludes halogenated alkanes) is 2. The van der Waals surface area contributed by atoms with Gasteiger partial charge in [-0.2, -0.15) is 0 Å². The zero-order valence-corrected chi connectivity index (χ0v) is 20.7. The van der Waals surface area contributed by atoms with E-state index in [1.54, 1.807) is 48.5 Å². The summed E-state index contributed by atoms with van der Waals surface area (Å²) in [5, 5.41) is 13.7. The second kappa shape index (κ2) is 10.5. The second-order valence-corrected chi connectivity index (χ2v) is 9.58. The lowest BCUT2D eigenvalue weighted by molar-refractivity contribution is -0.132. The highest BCUT2D eigenvalue weighted by Gasteiger charge is 2.47. The van der Waals surface area contributed by atoms with E-state index in [1.165, 1.54) is 16.2 Å². The number of aryl methyl sites for hydroxylation is 1. The van der Waals surface area contributed by atoms with Gasteiger partial charge in [0.1, 0.15) is 17.6 Å². The lowest BCUT2D eigenvalue weighted by Crippen LogP contribution is -2.29. The van der Waals surface area contributed by atoms with E-state index in [0.717, 1.165) is 29.7 Å². The summed E-state index contributed by atoms with van der Waals surface area (Å²) in [6.45, 7) is 4.70. The summed E-state index contributed by atoms with van der Waals surface area (Å²) in [6, 6.07) is 14.9. The van der Waals surface area contributed by atoms with E-state index in [-0.39, 0.29) is 11.3 Å². The average molecular weight is 496 g/mol. The van der Waals surface area contributed by atoms with Gasteiger partial charge in [0.2, 0.25) is 0 Å². The van der Waals surface area contributed by atoms with E-state index in [0.29, 0.717) is 28.6 Å². The third-order valence-corrected chi connectivity index (χ3v) is 7.17. The maximum atomic E-state index is 13.2. The van der Waals surface area contributed by atoms with Gasteiger partial charge in [0, 0.05) is 21.2 Å². The number of nitrogens with zero attached hydrogens (tertiary/aromatic N) is 1. The molecule has 1 aliphatic rings. The minimum Gasteiger partial charge on any atom is -0.507 e. The Balaban J connectivity index is 1.74. The van der Waals surface area contributed by atoms with Crippen molar-refractivity contribution in [3.8, 4) is 5.75 Å². The number of anilines is 1. The van der Waals surface area contributed by atoms with Gasteiger partial charge in [-0.25, -0.2) is 0 Å². The van der Waals surface area contributed by atoms with Crippen molar-refractivity contribution in [1.82, 2.24) is 0 Å². The molecule has 1 saturated heterocycles. The standard InChI is InChI=1S/C27H26ClNO4S/c1-3-4-5-15-33-21-12-6-18(7-13-21)24(30)22-23(26-17(2)14-16-34-26)29(27(32)25(22)31)20-10-8-19(28)9-11-20/h6-14,16,23,30H,3-5,15H2,1-2H3/b24-22-. The van der Waals surface area contributed by atoms with E-state index in [4.69, 9.17) is 16.3 Å². The van der Waals surface area contributed by atoms with Crippen LogP contribution in [0.15, 0.2) is 65.6 Å². The number of hydrogen-bond donors (Lipinski definition) is 1. The zero-order chi connectivity index (χ0) is 24.2. The van der Waals surface area contributed by atoms with E-state index in [9.17, 15) is 14.7 Å². The maximum Gasteiger partial charge on any atom is 0.300 e. The third-order valence-electron chi connectivity index (χ3n) is 5.84. The maximum absolute atomic E-state index is 13.2. The van der Waals surface area contributed by atoms with Gasteiger partial charge < -0.3 is 9.84 Å². The number of thiophene rings is 1. The van der Waals surface area contributed by atoms with Crippen molar-refractivity contribution in [2.75, 3.05) is 11.5 Å². The first-order valence-electron chi connectivity index (χ1n) is 11.3. The van der Waals surface area contributed by atoms with Crippen molar-refractivity contribution in [1.29, 1.82) is 0 Å². The quantitative estimate of drug-likeness (QED) is 0.160. The summed E-state index contributed by atoms with van der Waals surface area (Å²) >= 11 is 7.48. The first-order valence-corrected chi connectivity index (χ1v) is 12.5. The van der Waals surface area contributed by atoms with Crippen LogP contribution in [0.5, 0.6) is 5.75 Å². The van der Waals surface area contributed by atoms with Gasteiger partial charge in [0.25, 0.3) is 11.7 Å². The Hall–Kier alpha value is -3.09. The van der Waals surface area contributed by atoms with Crippen LogP contribution < -0.4 is 9.64 Å². The molecule has 176 valence electrons. The normalized spacial score (nSPS) is 17.4. The second-order valence-electron chi connectivity index (χ2n) is 8.19. The van der Waals surface area contributed by atoms with Crippen LogP contribution in [0.3, 0.4) is 0 Å². The molecule has 1 unspecified atom stereocenters. The fourth-order valence-corrected chi connectivity index (χ4v) is 5.17. The van der Waals surface area contributed by atoms with Gasteiger partial charge in [-0.15, -0.1) is 11.3 Å². The Bertz CT molecular complexity index is 1210. The van der Waals surface area contributed by atoms with Crippen LogP contribution in [0, 0.1) is 6.92 Å². The molecule has 1 aliphatic heterocycles. The van der Waals surface area contributed by atoms with E-state index >= 15 is 0 Å². The summed E-state index contributed by atoms with van der Waals surface area (Å²) in [5.74, 6) is -0.909. The molecule has 0 radical (unpaired) electrons. The minimum absolute atomic E-state index is 0.0714. The Kier molecular flexibility index (Phi) is 7.39. The van der Waals surface area contributed by atoms with Crippen molar-refractivity contribution in [2.24, 2.45) is 0 Å². The molecule has 0 saturated carbocycles. The van der Waals surface area contributed by atoms with Crippen LogP contribution in [0.2, 0.25) is 5.02 Å². The molecule has 0 aliphatic carbocycles. The van der Waals surface area contributed by atoms with Gasteiger partial charge in [-0.3, -0.25) is 14.5 Å². The van der Waals surface area contributed by atoms with Gasteiger partial charge >= 0.3 is 0 Å². The number of rotatable bonds is 8. The lowest BCUT2D eigenvalue weighted by atomic mass is 9.98. The molecule has 3 aromatic rings. The molecule has 2 aromatic carbocycles. The predicted octanol–water partition coefficient (Wildman–Crippen LogP) is 6.91. The van der Waals surface area contributed by atoms with Crippen molar-refractivity contribution in [3.05, 3.63) is 86.6 Å². The summed E-state index contributed by atoms with van der Waals surface area (Å²) in [5.41, 5.74) is 2.01. The summed E-state index contributed by atoms with van der Waals surface area (Å²) in [7, 11) is 0. The number of benzene rings is 2. The molecule has 5 nitrogen and oxygen atoms in total. The van der Waals surface area contributed by atoms with Crippen LogP contribution in [0.1, 0.15) is 48.2 Å². The van der Waals surface area contributed by atoms with E-state index in [1.807, 2.05) is 18.4 Å². The van der Waals surface area contributed by atoms with Gasteiger partial charge in [0.05, 0.1) is 12.2 Å². The average Bonchev–Trinajstić information content (AvgIpc) is 3.37. The predicted molar refractivity (Wildman–Crippen MR) is 137 cm³/mol. The number of hydrogen-bond acceptors (Lipinski definition) is 5. The van der Waals surface area contributed by atoms with Crippen LogP contribution in [0.25, 0.3) is 5.76 Å². The largest absolute Gasteiger partial charge is 0.507 e. The van der Waals surface area contributed by atoms with Crippen LogP contribution in [0.4, 0.5) is 5.69 Å². The highest BCUT2D eigenvalue weighted by atomic mass is 35.5. The molecule has 4 rings (SSSR count). The summed E-state index contributed by atoms with van der Waals surface area (Å²) in [6.07, 6.45) is 3.20. The SMILES string of the molecule is CCCCCOc1ccc(/C(O)=C2/C(=O)C(=O)N(c3ccc(Cl)cc3)C2c2sccc2C)cc1. The molecule has 1 amide bonds. The number of ether oxygens (including phenoxy) is 1. The lowest BCUT2D eigenvalue weighted by Gasteiger charge is -2.25. The first-order chi connectivity index (χ1) is 16.4. The Labute approximate surface area is 208 Å². The van der Waals surface area contributed by atoms with Crippen molar-refractivity contribution >= 4 is 46.1 Å². The molecule has 1 atom stereocenters. The van der Waals surface area contributed by atoms with E-state index < -0.39 is 17.7 Å². The first kappa shape index (κ1) is 24.0. The third kappa shape index (κ3) is 4.74. The number of carbonyl (C=O) groups is 2. The fourth-order valence-electron chi connectivity index (χ4n) is 4.02. The Morgan fingerprint density at radius 1 is 1.06 bits per heavy atom. The number of amides is 1. The van der Waals surface area contributed by atoms with Gasteiger partial charge in [0.15, 0.2) is 0 Å². The molecule has 34 heavy (non-hydrogen) atoms. The van der Waals surface area contributed by atoms with Crippen molar-refractivity contribution in [2.45, 2.75) is 39.2 Å². The molecule has 7 heteroatoms. The monoisotopic (exact) mass is 495 g/mol. The van der Waals surface area contributed by atoms with Gasteiger partial charge in [-0.05, 0) is 78.9 Å². The molecule has 2 heterocycles. The van der Waals surface area contributed by atoms with Crippen LogP contribution >= 0.6 is 22.9 Å². The summed E-state index contributed by atoms with van der Waals surface area (Å²) in [4.78, 5) is 28.6. The van der Waals surface area contributed by atoms with Crippen LogP contribution in [-0.2, 0) is 9.59 Å². The molecule has 1 fully saturated rings. The van der Waals surface area contributed by atoms with Crippen molar-refractivity contribution < 1.29 is 19.4 Å². The van der Waals surface area contributed by atoms with Crippen LogP contribution in [-0.4, -0.2) is 23.4 Å². The smallest absolute Gasteiger partial charge is 0.300 e. The zero-order valence-electron chi connectivity index (χ0n) is 19.1. The number of Topliss-reactive ketones (excluding diaryl/α,β-unsaturated/α-hetero) is 1. The molecular weight excluding hydrogens is 470 g/mol. The Morgan fingerprint density at radius 3 is 2.38 bits per heavy atom. The minimum atomic E-state index is -0.730. The van der Waals surface area contributed by atoms with Crippen molar-refractivity contribution in [3.63, 3.8) is 0 Å². The highest BCUT2D eigenvalue weighted by Crippen LogP contribution is 2.45. The molecule has 1 aromatic heterocycles. The molecule has 1 N–H and O–H groups in total. The number of aliphatic hydroxyl groups is 1. The topological polar surface area (TPSA) is 66.8 Å². The number of ketones is 1. The number of halogens is 1. The molecule has 0 spiro atoms. The summed E-state index contributed by atoms with van der Waals surface area (Å²) < 4.78 is 5.75. The molecular formula is C27H26ClNO4S. The molecule has 0 bridgehead atoms. The highest BCUT2D eigenvalue weighted by molar-refractivity contribution is 7.10. The number of carbonyl (C=O) groups excluding carboxylic acids is 2. The van der Waals surface area contributed by atoms with Gasteiger partial charge in [-0.1, -0.05) is 31.4 Å². The Morgan fingerprint density at radius 2 is 1.76 bits per heavy atom.